The van der Waals surface area contributed by atoms with Crippen molar-refractivity contribution in [2.24, 2.45) is 17.3 Å². The second-order valence-electron chi connectivity index (χ2n) is 13.8. The number of carbonyl (C=O) groups is 1. The second kappa shape index (κ2) is 20.2. The van der Waals surface area contributed by atoms with Gasteiger partial charge in [-0.15, -0.1) is 0 Å². The molecule has 0 radical (unpaired) electrons. The van der Waals surface area contributed by atoms with E-state index < -0.39 is 34.4 Å². The summed E-state index contributed by atoms with van der Waals surface area (Å²) in [6, 6.07) is 19.8. The maximum atomic E-state index is 12.7. The Morgan fingerprint density at radius 3 is 2.13 bits per heavy atom. The number of alkyl halides is 3. The average molecular weight is 761 g/mol. The Labute approximate surface area is 316 Å². The van der Waals surface area contributed by atoms with E-state index in [2.05, 4.69) is 19.9 Å². The third-order valence-corrected chi connectivity index (χ3v) is 9.86. The van der Waals surface area contributed by atoms with Crippen LogP contribution < -0.4 is 9.47 Å². The molecule has 0 saturated heterocycles. The lowest BCUT2D eigenvalue weighted by molar-refractivity contribution is -0.147. The Morgan fingerprint density at radius 2 is 1.49 bits per heavy atom. The Hall–Kier alpha value is -3.57. The van der Waals surface area contributed by atoms with Gasteiger partial charge in [-0.05, 0) is 76.6 Å². The highest BCUT2D eigenvalue weighted by molar-refractivity contribution is 6.30. The third-order valence-electron chi connectivity index (χ3n) is 9.52. The van der Waals surface area contributed by atoms with Crippen LogP contribution in [-0.4, -0.2) is 52.0 Å². The van der Waals surface area contributed by atoms with Gasteiger partial charge < -0.3 is 28.4 Å². The largest absolute Gasteiger partial charge is 0.461 e. The van der Waals surface area contributed by atoms with Gasteiger partial charge in [0.25, 0.3) is 0 Å². The van der Waals surface area contributed by atoms with E-state index in [1.807, 2.05) is 61.5 Å². The van der Waals surface area contributed by atoms with Gasteiger partial charge in [-0.1, -0.05) is 107 Å². The number of benzene rings is 3. The molecule has 0 aromatic heterocycles. The van der Waals surface area contributed by atoms with E-state index in [1.54, 1.807) is 13.8 Å². The van der Waals surface area contributed by atoms with Gasteiger partial charge in [-0.2, -0.15) is 13.2 Å². The first-order chi connectivity index (χ1) is 25.4. The van der Waals surface area contributed by atoms with Crippen LogP contribution in [-0.2, 0) is 43.4 Å². The molecular formula is C42H52ClF3O7. The Bertz CT molecular complexity index is 1640. The zero-order chi connectivity index (χ0) is 38.4. The van der Waals surface area contributed by atoms with Crippen LogP contribution in [0.3, 0.4) is 0 Å². The number of ether oxygens (including phenoxy) is 6. The van der Waals surface area contributed by atoms with Crippen molar-refractivity contribution in [3.05, 3.63) is 94.0 Å². The van der Waals surface area contributed by atoms with Gasteiger partial charge in [-0.3, -0.25) is 4.79 Å². The smallest absolute Gasteiger partial charge is 0.426 e. The SMILES string of the molecule is CCCCOCCOCCOCc1cc2c(cc1CCC)OCO2.Cc1c(COC(=O)[C@@H]2[C@H](/C=C(\Cl)C(F)(F)F)C2(C)C)cccc1-c1ccccc1. The zero-order valence-corrected chi connectivity index (χ0v) is 32.1. The fourth-order valence-electron chi connectivity index (χ4n) is 6.23. The van der Waals surface area contributed by atoms with Crippen molar-refractivity contribution in [2.75, 3.05) is 39.8 Å². The van der Waals surface area contributed by atoms with Crippen molar-refractivity contribution < 1.29 is 46.4 Å². The fraction of sp³-hybridized carbons (Fsp3) is 0.500. The summed E-state index contributed by atoms with van der Waals surface area (Å²) >= 11 is 5.34. The van der Waals surface area contributed by atoms with Crippen LogP contribution in [0.2, 0.25) is 0 Å². The van der Waals surface area contributed by atoms with Crippen LogP contribution in [0.5, 0.6) is 11.5 Å². The molecule has 0 unspecified atom stereocenters. The minimum absolute atomic E-state index is 0.0708. The summed E-state index contributed by atoms with van der Waals surface area (Å²) in [6.45, 7) is 14.0. The molecule has 0 N–H and O–H groups in total. The lowest BCUT2D eigenvalue weighted by Crippen LogP contribution is -2.11. The van der Waals surface area contributed by atoms with Gasteiger partial charge in [0.2, 0.25) is 6.79 Å². The van der Waals surface area contributed by atoms with Crippen LogP contribution in [0.25, 0.3) is 11.1 Å². The summed E-state index contributed by atoms with van der Waals surface area (Å²) < 4.78 is 71.1. The van der Waals surface area contributed by atoms with Crippen LogP contribution in [0.4, 0.5) is 13.2 Å². The number of fused-ring (bicyclic) bond motifs is 1. The molecule has 5 rings (SSSR count). The highest BCUT2D eigenvalue weighted by Crippen LogP contribution is 2.60. The van der Waals surface area contributed by atoms with E-state index in [0.29, 0.717) is 39.8 Å². The molecule has 1 aliphatic heterocycles. The summed E-state index contributed by atoms with van der Waals surface area (Å²) in [6.07, 6.45) is 0.695. The van der Waals surface area contributed by atoms with Crippen molar-refractivity contribution in [1.82, 2.24) is 0 Å². The number of hydrogen-bond acceptors (Lipinski definition) is 7. The molecule has 0 amide bonds. The molecule has 3 aromatic carbocycles. The van der Waals surface area contributed by atoms with Crippen molar-refractivity contribution in [3.63, 3.8) is 0 Å². The van der Waals surface area contributed by atoms with E-state index in [-0.39, 0.29) is 6.61 Å². The molecule has 2 atom stereocenters. The summed E-state index contributed by atoms with van der Waals surface area (Å²) in [4.78, 5) is 12.5. The topological polar surface area (TPSA) is 72.5 Å². The lowest BCUT2D eigenvalue weighted by atomic mass is 9.97. The second-order valence-corrected chi connectivity index (χ2v) is 14.2. The van der Waals surface area contributed by atoms with E-state index >= 15 is 0 Å². The molecule has 7 nitrogen and oxygen atoms in total. The van der Waals surface area contributed by atoms with Gasteiger partial charge in [-0.25, -0.2) is 0 Å². The first kappa shape index (κ1) is 42.2. The number of carbonyl (C=O) groups excluding carboxylic acids is 1. The Kier molecular flexibility index (Phi) is 16.1. The molecule has 1 heterocycles. The number of esters is 1. The van der Waals surface area contributed by atoms with Gasteiger partial charge in [0.15, 0.2) is 11.5 Å². The summed E-state index contributed by atoms with van der Waals surface area (Å²) in [5.74, 6) is -0.0907. The summed E-state index contributed by atoms with van der Waals surface area (Å²) in [5.41, 5.74) is 5.79. The molecule has 1 fully saturated rings. The Morgan fingerprint density at radius 1 is 0.849 bits per heavy atom. The van der Waals surface area contributed by atoms with Crippen LogP contribution in [0.15, 0.2) is 71.8 Å². The number of unbranched alkanes of at least 4 members (excludes halogenated alkanes) is 1. The molecule has 1 aliphatic carbocycles. The van der Waals surface area contributed by atoms with Crippen molar-refractivity contribution in [1.29, 1.82) is 0 Å². The molecule has 3 aromatic rings. The standard InChI is InChI=1S/C23H22ClF3O2.C19H30O5/c1-14-16(10-7-11-17(14)15-8-5-4-6-9-15)13-29-21(28)20-18(22(20,2)3)12-19(24)23(25,26)27;1-3-5-7-20-8-9-21-10-11-22-14-17-13-19-18(23-15-24-19)12-16(17)6-4-2/h4-12,18,20H,13H2,1-3H3;12-13H,3-11,14-15H2,1-2H3/b19-12-;/t18-,20-;/m0./s1. The van der Waals surface area contributed by atoms with E-state index in [9.17, 15) is 18.0 Å². The zero-order valence-electron chi connectivity index (χ0n) is 31.4. The van der Waals surface area contributed by atoms with Gasteiger partial charge in [0.1, 0.15) is 11.6 Å². The summed E-state index contributed by atoms with van der Waals surface area (Å²) in [7, 11) is 0. The monoisotopic (exact) mass is 760 g/mol. The maximum absolute atomic E-state index is 12.7. The number of allylic oxidation sites excluding steroid dienone is 2. The van der Waals surface area contributed by atoms with Crippen LogP contribution in [0.1, 0.15) is 69.2 Å². The first-order valence-corrected chi connectivity index (χ1v) is 18.7. The van der Waals surface area contributed by atoms with Crippen LogP contribution in [0, 0.1) is 24.2 Å². The number of hydrogen-bond donors (Lipinski definition) is 0. The van der Waals surface area contributed by atoms with E-state index in [0.717, 1.165) is 72.1 Å². The van der Waals surface area contributed by atoms with E-state index in [4.69, 9.17) is 40.0 Å². The fourth-order valence-corrected chi connectivity index (χ4v) is 6.37. The number of halogens is 4. The highest BCUT2D eigenvalue weighted by atomic mass is 35.5. The quantitative estimate of drug-likeness (QED) is 0.0944. The lowest BCUT2D eigenvalue weighted by Gasteiger charge is -2.12. The molecule has 1 saturated carbocycles. The molecule has 2 aliphatic rings. The average Bonchev–Trinajstić information content (AvgIpc) is 3.40. The van der Waals surface area contributed by atoms with Crippen molar-refractivity contribution in [2.45, 2.75) is 79.7 Å². The van der Waals surface area contributed by atoms with Gasteiger partial charge in [0.05, 0.1) is 39.0 Å². The third kappa shape index (κ3) is 12.2. The predicted octanol–water partition coefficient (Wildman–Crippen LogP) is 10.4. The van der Waals surface area contributed by atoms with Crippen molar-refractivity contribution in [3.8, 4) is 22.6 Å². The molecule has 0 spiro atoms. The molecular weight excluding hydrogens is 709 g/mol. The number of rotatable bonds is 18. The minimum atomic E-state index is -4.61. The van der Waals surface area contributed by atoms with Gasteiger partial charge >= 0.3 is 12.1 Å². The summed E-state index contributed by atoms with van der Waals surface area (Å²) in [5, 5.41) is -1.20. The molecule has 53 heavy (non-hydrogen) atoms. The van der Waals surface area contributed by atoms with Crippen molar-refractivity contribution >= 4 is 17.6 Å². The van der Waals surface area contributed by atoms with Gasteiger partial charge in [0, 0.05) is 6.61 Å². The predicted molar refractivity (Wildman–Crippen MR) is 200 cm³/mol. The Balaban J connectivity index is 0.000000241. The minimum Gasteiger partial charge on any atom is -0.461 e. The van der Waals surface area contributed by atoms with Crippen LogP contribution >= 0.6 is 11.6 Å². The molecule has 290 valence electrons. The number of aryl methyl sites for hydroxylation is 1. The molecule has 11 heteroatoms. The first-order valence-electron chi connectivity index (χ1n) is 18.3. The maximum Gasteiger partial charge on any atom is 0.426 e. The highest BCUT2D eigenvalue weighted by Gasteiger charge is 2.62. The van der Waals surface area contributed by atoms with E-state index in [1.165, 1.54) is 11.1 Å². The molecule has 0 bridgehead atoms. The normalized spacial score (nSPS) is 17.3.